The predicted octanol–water partition coefficient (Wildman–Crippen LogP) is 2.60. The highest BCUT2D eigenvalue weighted by Crippen LogP contribution is 2.15. The smallest absolute Gasteiger partial charge is 0.370 e. The molecule has 8 heteroatoms. The van der Waals surface area contributed by atoms with Crippen LogP contribution in [0.5, 0.6) is 0 Å². The van der Waals surface area contributed by atoms with E-state index in [4.69, 9.17) is 0 Å². The number of nitrogens with one attached hydrogen (secondary N) is 2. The molecule has 0 atom stereocenters. The highest BCUT2D eigenvalue weighted by atomic mass is 19.4. The van der Waals surface area contributed by atoms with Crippen molar-refractivity contribution >= 4 is 11.8 Å². The molecule has 0 amide bonds. The lowest BCUT2D eigenvalue weighted by Gasteiger charge is -2.11. The topological polar surface area (TPSA) is 59.1 Å². The third kappa shape index (κ3) is 6.55. The Bertz CT molecular complexity index is 412. The maximum absolute atomic E-state index is 11.9. The summed E-state index contributed by atoms with van der Waals surface area (Å²) in [5.41, 5.74) is 0.822. The first-order valence-electron chi connectivity index (χ1n) is 6.38. The molecule has 2 N–H and O–H groups in total. The summed E-state index contributed by atoms with van der Waals surface area (Å²) in [6.45, 7) is 3.58. The van der Waals surface area contributed by atoms with Gasteiger partial charge in [0.1, 0.15) is 12.4 Å². The van der Waals surface area contributed by atoms with Gasteiger partial charge in [0.05, 0.1) is 6.61 Å². The Hall–Kier alpha value is -1.57. The molecule has 114 valence electrons. The molecule has 0 aliphatic carbocycles. The zero-order chi connectivity index (χ0) is 15.0. The number of aromatic nitrogens is 2. The molecule has 1 aromatic rings. The number of rotatable bonds is 8. The van der Waals surface area contributed by atoms with Gasteiger partial charge in [0.15, 0.2) is 0 Å². The minimum Gasteiger partial charge on any atom is -0.370 e. The molecular weight excluding hydrogens is 273 g/mol. The van der Waals surface area contributed by atoms with Crippen molar-refractivity contribution in [2.24, 2.45) is 0 Å². The number of halogens is 3. The second kappa shape index (κ2) is 7.88. The van der Waals surface area contributed by atoms with Gasteiger partial charge in [-0.2, -0.15) is 18.2 Å². The zero-order valence-electron chi connectivity index (χ0n) is 11.5. The van der Waals surface area contributed by atoms with Gasteiger partial charge >= 0.3 is 6.18 Å². The van der Waals surface area contributed by atoms with Crippen molar-refractivity contribution < 1.29 is 17.9 Å². The highest BCUT2D eigenvalue weighted by Gasteiger charge is 2.27. The quantitative estimate of drug-likeness (QED) is 0.721. The second-order valence-electron chi connectivity index (χ2n) is 4.25. The molecule has 5 nitrogen and oxygen atoms in total. The van der Waals surface area contributed by atoms with Crippen molar-refractivity contribution in [3.63, 3.8) is 0 Å². The van der Waals surface area contributed by atoms with Gasteiger partial charge in [-0.05, 0) is 13.3 Å². The zero-order valence-corrected chi connectivity index (χ0v) is 11.5. The van der Waals surface area contributed by atoms with Gasteiger partial charge < -0.3 is 15.4 Å². The Balaban J connectivity index is 2.38. The van der Waals surface area contributed by atoms with E-state index in [2.05, 4.69) is 25.3 Å². The van der Waals surface area contributed by atoms with Gasteiger partial charge in [-0.1, -0.05) is 6.92 Å². The van der Waals surface area contributed by atoms with Crippen LogP contribution >= 0.6 is 0 Å². The molecule has 0 saturated carbocycles. The maximum Gasteiger partial charge on any atom is 0.411 e. The van der Waals surface area contributed by atoms with Crippen LogP contribution in [-0.4, -0.2) is 42.4 Å². The van der Waals surface area contributed by atoms with Gasteiger partial charge in [0, 0.05) is 24.8 Å². The third-order valence-corrected chi connectivity index (χ3v) is 2.31. The summed E-state index contributed by atoms with van der Waals surface area (Å²) in [4.78, 5) is 8.36. The van der Waals surface area contributed by atoms with E-state index in [0.717, 1.165) is 18.5 Å². The molecule has 1 aromatic heterocycles. The van der Waals surface area contributed by atoms with E-state index in [1.807, 2.05) is 13.8 Å². The first-order valence-corrected chi connectivity index (χ1v) is 6.38. The molecule has 0 radical (unpaired) electrons. The minimum atomic E-state index is -4.29. The van der Waals surface area contributed by atoms with Crippen LogP contribution in [0.2, 0.25) is 0 Å². The van der Waals surface area contributed by atoms with Crippen LogP contribution in [0.1, 0.15) is 18.9 Å². The van der Waals surface area contributed by atoms with Crippen LogP contribution in [0.25, 0.3) is 0 Å². The number of nitrogens with zero attached hydrogens (tertiary/aromatic N) is 2. The summed E-state index contributed by atoms with van der Waals surface area (Å²) < 4.78 is 40.1. The van der Waals surface area contributed by atoms with Crippen molar-refractivity contribution in [2.45, 2.75) is 26.4 Å². The van der Waals surface area contributed by atoms with Crippen LogP contribution in [-0.2, 0) is 4.74 Å². The van der Waals surface area contributed by atoms with Crippen LogP contribution in [0.15, 0.2) is 6.20 Å². The fraction of sp³-hybridized carbons (Fsp3) is 0.667. The Labute approximate surface area is 116 Å². The highest BCUT2D eigenvalue weighted by molar-refractivity contribution is 5.46. The van der Waals surface area contributed by atoms with Crippen molar-refractivity contribution in [3.05, 3.63) is 11.8 Å². The molecule has 0 spiro atoms. The normalized spacial score (nSPS) is 11.4. The summed E-state index contributed by atoms with van der Waals surface area (Å²) in [5, 5.41) is 5.97. The van der Waals surface area contributed by atoms with E-state index in [1.54, 1.807) is 6.20 Å². The fourth-order valence-electron chi connectivity index (χ4n) is 1.37. The molecule has 0 aliphatic rings. The largest absolute Gasteiger partial charge is 0.411 e. The summed E-state index contributed by atoms with van der Waals surface area (Å²) >= 11 is 0. The molecule has 0 fully saturated rings. The fourth-order valence-corrected chi connectivity index (χ4v) is 1.37. The lowest BCUT2D eigenvalue weighted by molar-refractivity contribution is -0.172. The van der Waals surface area contributed by atoms with E-state index in [-0.39, 0.29) is 13.2 Å². The number of anilines is 2. The average molecular weight is 292 g/mol. The Morgan fingerprint density at radius 1 is 1.25 bits per heavy atom. The van der Waals surface area contributed by atoms with Gasteiger partial charge in [0.2, 0.25) is 5.95 Å². The first kappa shape index (κ1) is 16.5. The minimum absolute atomic E-state index is 0.0410. The average Bonchev–Trinajstić information content (AvgIpc) is 2.37. The molecule has 0 bridgehead atoms. The molecule has 0 saturated heterocycles. The molecule has 20 heavy (non-hydrogen) atoms. The van der Waals surface area contributed by atoms with E-state index in [0.29, 0.717) is 11.8 Å². The standard InChI is InChI=1S/C12H19F3N4O/c1-3-4-17-11-18-7-9(2)10(19-11)16-5-6-20-8-12(13,14)15/h7H,3-6,8H2,1-2H3,(H2,16,17,18,19). The summed E-state index contributed by atoms with van der Waals surface area (Å²) in [5.74, 6) is 1.09. The Morgan fingerprint density at radius 3 is 2.65 bits per heavy atom. The number of hydrogen-bond donors (Lipinski definition) is 2. The second-order valence-corrected chi connectivity index (χ2v) is 4.25. The molecule has 0 unspecified atom stereocenters. The summed E-state index contributed by atoms with van der Waals surface area (Å²) in [6.07, 6.45) is -1.68. The number of aryl methyl sites for hydroxylation is 1. The monoisotopic (exact) mass is 292 g/mol. The summed E-state index contributed by atoms with van der Waals surface area (Å²) in [6, 6.07) is 0. The lowest BCUT2D eigenvalue weighted by atomic mass is 10.3. The van der Waals surface area contributed by atoms with Gasteiger partial charge in [0.25, 0.3) is 0 Å². The number of hydrogen-bond acceptors (Lipinski definition) is 5. The number of ether oxygens (including phenoxy) is 1. The van der Waals surface area contributed by atoms with E-state index < -0.39 is 12.8 Å². The molecule has 0 aromatic carbocycles. The number of alkyl halides is 3. The van der Waals surface area contributed by atoms with E-state index in [1.165, 1.54) is 0 Å². The Kier molecular flexibility index (Phi) is 6.50. The lowest BCUT2D eigenvalue weighted by Crippen LogP contribution is -2.20. The van der Waals surface area contributed by atoms with Gasteiger partial charge in [-0.3, -0.25) is 0 Å². The maximum atomic E-state index is 11.9. The molecule has 1 rings (SSSR count). The Morgan fingerprint density at radius 2 is 2.00 bits per heavy atom. The van der Waals surface area contributed by atoms with Crippen LogP contribution in [0.3, 0.4) is 0 Å². The third-order valence-electron chi connectivity index (χ3n) is 2.31. The summed E-state index contributed by atoms with van der Waals surface area (Å²) in [7, 11) is 0. The van der Waals surface area contributed by atoms with Crippen molar-refractivity contribution in [3.8, 4) is 0 Å². The van der Waals surface area contributed by atoms with E-state index >= 15 is 0 Å². The molecule has 1 heterocycles. The predicted molar refractivity (Wildman–Crippen MR) is 70.9 cm³/mol. The van der Waals surface area contributed by atoms with Gasteiger partial charge in [-0.25, -0.2) is 4.98 Å². The SMILES string of the molecule is CCCNc1ncc(C)c(NCCOCC(F)(F)F)n1. The van der Waals surface area contributed by atoms with Crippen LogP contribution in [0, 0.1) is 6.92 Å². The van der Waals surface area contributed by atoms with Crippen molar-refractivity contribution in [1.82, 2.24) is 9.97 Å². The van der Waals surface area contributed by atoms with E-state index in [9.17, 15) is 13.2 Å². The molecular formula is C12H19F3N4O. The molecule has 0 aliphatic heterocycles. The van der Waals surface area contributed by atoms with Gasteiger partial charge in [-0.15, -0.1) is 0 Å². The van der Waals surface area contributed by atoms with Crippen molar-refractivity contribution in [2.75, 3.05) is 36.9 Å². The first-order chi connectivity index (χ1) is 9.42. The van der Waals surface area contributed by atoms with Crippen molar-refractivity contribution in [1.29, 1.82) is 0 Å². The van der Waals surface area contributed by atoms with Crippen LogP contribution < -0.4 is 10.6 Å². The van der Waals surface area contributed by atoms with Crippen LogP contribution in [0.4, 0.5) is 24.9 Å².